The quantitative estimate of drug-likeness (QED) is 0.737. The van der Waals surface area contributed by atoms with Gasteiger partial charge in [-0.3, -0.25) is 14.5 Å². The van der Waals surface area contributed by atoms with Crippen LogP contribution in [0.2, 0.25) is 0 Å². The molecule has 1 aromatic carbocycles. The first kappa shape index (κ1) is 20.6. The van der Waals surface area contributed by atoms with Crippen LogP contribution in [-0.4, -0.2) is 47.3 Å². The zero-order valence-electron chi connectivity index (χ0n) is 12.0. The summed E-state index contributed by atoms with van der Waals surface area (Å²) in [6.45, 7) is 1.30. The van der Waals surface area contributed by atoms with E-state index in [4.69, 9.17) is 5.11 Å². The van der Waals surface area contributed by atoms with Crippen LogP contribution in [0.3, 0.4) is 0 Å². The van der Waals surface area contributed by atoms with E-state index in [1.807, 2.05) is 0 Å². The van der Waals surface area contributed by atoms with Gasteiger partial charge >= 0.3 is 5.97 Å². The molecule has 1 unspecified atom stereocenters. The number of amides is 1. The van der Waals surface area contributed by atoms with E-state index in [1.165, 1.54) is 31.0 Å². The molecule has 22 heavy (non-hydrogen) atoms. The molecule has 1 rings (SSSR count). The zero-order chi connectivity index (χ0) is 16.0. The SMILES string of the molecule is CC(C(=O)O)N(C)CC(=O)Nc1ccccc1SC(F)F.Cl. The normalized spacial score (nSPS) is 11.9. The molecule has 0 aliphatic rings. The first-order valence-electron chi connectivity index (χ1n) is 6.08. The van der Waals surface area contributed by atoms with Crippen molar-refractivity contribution in [1.29, 1.82) is 0 Å². The van der Waals surface area contributed by atoms with Gasteiger partial charge in [0.25, 0.3) is 5.76 Å². The Morgan fingerprint density at radius 1 is 1.36 bits per heavy atom. The van der Waals surface area contributed by atoms with Crippen molar-refractivity contribution >= 4 is 41.7 Å². The lowest BCUT2D eigenvalue weighted by Gasteiger charge is -2.20. The van der Waals surface area contributed by atoms with Crippen LogP contribution in [0.5, 0.6) is 0 Å². The molecule has 124 valence electrons. The lowest BCUT2D eigenvalue weighted by atomic mass is 10.3. The van der Waals surface area contributed by atoms with E-state index in [0.717, 1.165) is 0 Å². The molecule has 0 aromatic heterocycles. The first-order valence-corrected chi connectivity index (χ1v) is 6.96. The standard InChI is InChI=1S/C13H16F2N2O3S.ClH/c1-8(12(19)20)17(2)7-11(18)16-9-5-3-4-6-10(9)21-13(14)15;/h3-6,8,13H,7H2,1-2H3,(H,16,18)(H,19,20);1H. The van der Waals surface area contributed by atoms with Crippen molar-refractivity contribution < 1.29 is 23.5 Å². The molecule has 0 aliphatic heterocycles. The molecule has 0 spiro atoms. The highest BCUT2D eigenvalue weighted by Crippen LogP contribution is 2.31. The van der Waals surface area contributed by atoms with Gasteiger partial charge < -0.3 is 10.4 Å². The minimum absolute atomic E-state index is 0. The molecule has 9 heteroatoms. The van der Waals surface area contributed by atoms with Crippen LogP contribution in [0.1, 0.15) is 6.92 Å². The molecular weight excluding hydrogens is 338 g/mol. The first-order chi connectivity index (χ1) is 9.81. The number of aliphatic carboxylic acids is 1. The zero-order valence-corrected chi connectivity index (χ0v) is 13.6. The minimum Gasteiger partial charge on any atom is -0.480 e. The number of anilines is 1. The van der Waals surface area contributed by atoms with Gasteiger partial charge in [-0.2, -0.15) is 8.78 Å². The second-order valence-corrected chi connectivity index (χ2v) is 5.38. The highest BCUT2D eigenvalue weighted by Gasteiger charge is 2.19. The maximum Gasteiger partial charge on any atom is 0.320 e. The fourth-order valence-corrected chi connectivity index (χ4v) is 2.11. The van der Waals surface area contributed by atoms with Gasteiger partial charge in [0.05, 0.1) is 12.2 Å². The summed E-state index contributed by atoms with van der Waals surface area (Å²) < 4.78 is 24.8. The highest BCUT2D eigenvalue weighted by atomic mass is 35.5. The number of carboxylic acid groups (broad SMARTS) is 1. The molecule has 1 aromatic rings. The fraction of sp³-hybridized carbons (Fsp3) is 0.385. The average molecular weight is 355 g/mol. The molecule has 0 fully saturated rings. The lowest BCUT2D eigenvalue weighted by Crippen LogP contribution is -2.40. The van der Waals surface area contributed by atoms with Crippen LogP contribution >= 0.6 is 24.2 Å². The molecule has 0 radical (unpaired) electrons. The van der Waals surface area contributed by atoms with Gasteiger partial charge in [-0.05, 0) is 26.1 Å². The second kappa shape index (κ2) is 9.60. The number of benzene rings is 1. The Morgan fingerprint density at radius 3 is 2.50 bits per heavy atom. The largest absolute Gasteiger partial charge is 0.480 e. The van der Waals surface area contributed by atoms with E-state index < -0.39 is 23.7 Å². The van der Waals surface area contributed by atoms with Crippen LogP contribution in [0, 0.1) is 0 Å². The topological polar surface area (TPSA) is 69.6 Å². The number of alkyl halides is 2. The number of thioether (sulfide) groups is 1. The molecule has 1 atom stereocenters. The van der Waals surface area contributed by atoms with Gasteiger partial charge in [-0.1, -0.05) is 23.9 Å². The number of para-hydroxylation sites is 1. The molecule has 5 nitrogen and oxygen atoms in total. The van der Waals surface area contributed by atoms with Gasteiger partial charge in [-0.25, -0.2) is 0 Å². The van der Waals surface area contributed by atoms with E-state index >= 15 is 0 Å². The molecule has 2 N–H and O–H groups in total. The molecule has 0 aliphatic carbocycles. The fourth-order valence-electron chi connectivity index (χ4n) is 1.51. The van der Waals surface area contributed by atoms with E-state index in [2.05, 4.69) is 5.32 Å². The molecule has 0 heterocycles. The molecule has 0 saturated heterocycles. The number of hydrogen-bond donors (Lipinski definition) is 2. The number of carbonyl (C=O) groups excluding carboxylic acids is 1. The number of nitrogens with one attached hydrogen (secondary N) is 1. The third-order valence-electron chi connectivity index (χ3n) is 2.79. The summed E-state index contributed by atoms with van der Waals surface area (Å²) in [6.07, 6.45) is 0. The van der Waals surface area contributed by atoms with Crippen molar-refractivity contribution in [2.75, 3.05) is 18.9 Å². The summed E-state index contributed by atoms with van der Waals surface area (Å²) in [5, 5.41) is 11.4. The van der Waals surface area contributed by atoms with Crippen molar-refractivity contribution in [3.63, 3.8) is 0 Å². The number of likely N-dealkylation sites (N-methyl/N-ethyl adjacent to an activating group) is 1. The van der Waals surface area contributed by atoms with E-state index in [9.17, 15) is 18.4 Å². The summed E-state index contributed by atoms with van der Waals surface area (Å²) in [4.78, 5) is 24.2. The Morgan fingerprint density at radius 2 is 1.95 bits per heavy atom. The maximum absolute atomic E-state index is 12.4. The Kier molecular flexibility index (Phi) is 9.00. The van der Waals surface area contributed by atoms with Crippen molar-refractivity contribution in [3.05, 3.63) is 24.3 Å². The Balaban J connectivity index is 0.00000441. The summed E-state index contributed by atoms with van der Waals surface area (Å²) >= 11 is 0.341. The second-order valence-electron chi connectivity index (χ2n) is 4.35. The number of carbonyl (C=O) groups is 2. The van der Waals surface area contributed by atoms with Crippen LogP contribution < -0.4 is 5.32 Å². The predicted molar refractivity (Wildman–Crippen MR) is 83.9 cm³/mol. The van der Waals surface area contributed by atoms with Crippen LogP contribution in [0.25, 0.3) is 0 Å². The summed E-state index contributed by atoms with van der Waals surface area (Å²) in [7, 11) is 1.50. The van der Waals surface area contributed by atoms with E-state index in [1.54, 1.807) is 12.1 Å². The van der Waals surface area contributed by atoms with Crippen molar-refractivity contribution in [3.8, 4) is 0 Å². The molecule has 0 saturated carbocycles. The monoisotopic (exact) mass is 354 g/mol. The Hall–Kier alpha value is -1.38. The Labute approximate surface area is 137 Å². The van der Waals surface area contributed by atoms with Crippen molar-refractivity contribution in [2.45, 2.75) is 23.6 Å². The third kappa shape index (κ3) is 6.59. The summed E-state index contributed by atoms with van der Waals surface area (Å²) in [5.41, 5.74) is 0.282. The number of carboxylic acids is 1. The lowest BCUT2D eigenvalue weighted by molar-refractivity contribution is -0.142. The smallest absolute Gasteiger partial charge is 0.320 e. The van der Waals surface area contributed by atoms with E-state index in [0.29, 0.717) is 11.8 Å². The molecule has 1 amide bonds. The highest BCUT2D eigenvalue weighted by molar-refractivity contribution is 7.99. The summed E-state index contributed by atoms with van der Waals surface area (Å²) in [6, 6.07) is 5.40. The predicted octanol–water partition coefficient (Wildman–Crippen LogP) is 2.77. The van der Waals surface area contributed by atoms with Gasteiger partial charge in [0.15, 0.2) is 0 Å². The van der Waals surface area contributed by atoms with Gasteiger partial charge in [0, 0.05) is 4.90 Å². The van der Waals surface area contributed by atoms with Crippen molar-refractivity contribution in [1.82, 2.24) is 4.90 Å². The Bertz CT molecular complexity index is 520. The van der Waals surface area contributed by atoms with Gasteiger partial charge in [0.1, 0.15) is 6.04 Å². The molecule has 0 bridgehead atoms. The van der Waals surface area contributed by atoms with Crippen LogP contribution in [0.15, 0.2) is 29.2 Å². The van der Waals surface area contributed by atoms with Crippen LogP contribution in [0.4, 0.5) is 14.5 Å². The number of halogens is 3. The number of nitrogens with zero attached hydrogens (tertiary/aromatic N) is 1. The van der Waals surface area contributed by atoms with Gasteiger partial charge in [0.2, 0.25) is 5.91 Å². The summed E-state index contributed by atoms with van der Waals surface area (Å²) in [5.74, 6) is -4.09. The maximum atomic E-state index is 12.4. The number of rotatable bonds is 7. The van der Waals surface area contributed by atoms with Gasteiger partial charge in [-0.15, -0.1) is 12.4 Å². The van der Waals surface area contributed by atoms with Crippen LogP contribution in [-0.2, 0) is 9.59 Å². The van der Waals surface area contributed by atoms with E-state index in [-0.39, 0.29) is 29.5 Å². The minimum atomic E-state index is -2.59. The number of hydrogen-bond acceptors (Lipinski definition) is 4. The molecular formula is C13H17ClF2N2O3S. The van der Waals surface area contributed by atoms with Crippen molar-refractivity contribution in [2.24, 2.45) is 0 Å². The third-order valence-corrected chi connectivity index (χ3v) is 3.58. The average Bonchev–Trinajstić information content (AvgIpc) is 2.39.